The second kappa shape index (κ2) is 24.2. The number of hydrogen-bond acceptors (Lipinski definition) is 16. The maximum absolute atomic E-state index is 10.3. The van der Waals surface area contributed by atoms with E-state index >= 15 is 0 Å². The van der Waals surface area contributed by atoms with Crippen LogP contribution in [0.4, 0.5) is 23.0 Å². The van der Waals surface area contributed by atoms with Crippen LogP contribution in [0.25, 0.3) is 67.7 Å². The van der Waals surface area contributed by atoms with Crippen molar-refractivity contribution >= 4 is 69.5 Å². The molecule has 4 bridgehead atoms. The van der Waals surface area contributed by atoms with Crippen molar-refractivity contribution < 1.29 is 19.5 Å². The van der Waals surface area contributed by atoms with Crippen LogP contribution in [-0.2, 0) is 20.4 Å². The van der Waals surface area contributed by atoms with E-state index in [4.69, 9.17) is 58.8 Å². The van der Waals surface area contributed by atoms with Gasteiger partial charge in [0.05, 0.1) is 40.2 Å². The van der Waals surface area contributed by atoms with Gasteiger partial charge in [-0.05, 0) is 231 Å². The standard InChI is InChI=1S/C34H35N7O.C21H19ClN6.C19H28BNO3/c35-31-28(6-2-17-37-31)32-39-30-14-13-29(21-4-1-5-24(18-21)40-25-11-12-26(40)20-27(42)19-25)38-33(30)41(32)23-9-7-22(8-10-23)34(36)15-3-16-34;22-17-9-8-16-20(27-17)28(19(26-16)15-3-1-12-25-18(15)23)14-6-4-13(5-7-14)21(24)10-2-11-21;1-18(2)19(3,4)24-20(23-18)13-6-5-7-14(10-13)21-15-8-9-16(21)12-17(22)11-15/h1-2,4-10,13-14,17-18,25-27,42H,3,11-12,15-16,19-20,36H2,(H2,35,37);1,3-9,12H,2,10-11,24H2,(H2,23,25);5-7,10,15-17,22H,8-9,11-12H2,1-4H3. The molecule has 4 aromatic carbocycles. The molecule has 0 amide bonds. The summed E-state index contributed by atoms with van der Waals surface area (Å²) in [5, 5.41) is 20.8. The van der Waals surface area contributed by atoms with E-state index in [9.17, 15) is 10.2 Å². The molecule has 94 heavy (non-hydrogen) atoms. The monoisotopic (exact) mass is 1280 g/mol. The predicted molar refractivity (Wildman–Crippen MR) is 374 cm³/mol. The third-order valence-corrected chi connectivity index (χ3v) is 21.8. The van der Waals surface area contributed by atoms with Gasteiger partial charge in [0.25, 0.3) is 0 Å². The molecule has 11 heterocycles. The number of aromatic nitrogens is 8. The lowest BCUT2D eigenvalue weighted by atomic mass is 9.73. The number of pyridine rings is 4. The second-order valence-corrected chi connectivity index (χ2v) is 28.5. The summed E-state index contributed by atoms with van der Waals surface area (Å²) in [6.45, 7) is 8.35. The first-order valence-electron chi connectivity index (χ1n) is 33.4. The van der Waals surface area contributed by atoms with E-state index < -0.39 is 0 Å². The van der Waals surface area contributed by atoms with Crippen LogP contribution in [0.5, 0.6) is 0 Å². The first-order valence-corrected chi connectivity index (χ1v) is 33.8. The number of aliphatic hydroxyl groups excluding tert-OH is 2. The molecule has 7 fully saturated rings. The van der Waals surface area contributed by atoms with Crippen molar-refractivity contribution in [2.75, 3.05) is 21.3 Å². The normalized spacial score (nSPS) is 23.5. The number of aliphatic hydroxyl groups is 2. The Hall–Kier alpha value is -8.27. The van der Waals surface area contributed by atoms with Crippen molar-refractivity contribution in [2.45, 2.75) is 176 Å². The van der Waals surface area contributed by atoms with Crippen LogP contribution in [0.1, 0.15) is 129 Å². The third-order valence-electron chi connectivity index (χ3n) is 21.6. The minimum absolute atomic E-state index is 0.134. The topological polar surface area (TPSA) is 257 Å². The van der Waals surface area contributed by atoms with Crippen molar-refractivity contribution in [3.05, 3.63) is 174 Å². The molecule has 2 saturated carbocycles. The van der Waals surface area contributed by atoms with Crippen molar-refractivity contribution in [3.8, 4) is 45.4 Å². The van der Waals surface area contributed by atoms with Gasteiger partial charge in [-0.25, -0.2) is 29.9 Å². The Kier molecular flexibility index (Phi) is 15.9. The van der Waals surface area contributed by atoms with Crippen LogP contribution in [-0.4, -0.2) is 104 Å². The molecule has 4 unspecified atom stereocenters. The number of fused-ring (bicyclic) bond motifs is 6. The molecule has 20 heteroatoms. The SMILES string of the molecule is CC1(C)OB(c2cccc(N3C4CCC3CC(O)C4)c2)OC1(C)C.Nc1ncccc1-c1nc2ccc(-c3cccc(N4C5CCC4CC(O)C5)c3)nc2n1-c1ccc(C2(N)CCC2)cc1.Nc1ncccc1-c1nc2ccc(Cl)nc2n1-c1ccc(C2(N)CCC2)cc1. The Morgan fingerprint density at radius 3 is 1.40 bits per heavy atom. The quantitative estimate of drug-likeness (QED) is 0.0549. The van der Waals surface area contributed by atoms with Crippen LogP contribution < -0.4 is 38.2 Å². The van der Waals surface area contributed by atoms with Crippen LogP contribution in [0.15, 0.2) is 158 Å². The number of anilines is 4. The molecule has 10 N–H and O–H groups in total. The molecule has 0 radical (unpaired) electrons. The van der Waals surface area contributed by atoms with E-state index in [-0.39, 0.29) is 41.6 Å². The van der Waals surface area contributed by atoms with Gasteiger partial charge < -0.3 is 52.3 Å². The van der Waals surface area contributed by atoms with Gasteiger partial charge in [0, 0.05) is 76.0 Å². The highest BCUT2D eigenvalue weighted by molar-refractivity contribution is 6.62. The van der Waals surface area contributed by atoms with E-state index in [2.05, 4.69) is 142 Å². The summed E-state index contributed by atoms with van der Waals surface area (Å²) in [5.74, 6) is 2.22. The van der Waals surface area contributed by atoms with Gasteiger partial charge in [-0.15, -0.1) is 0 Å². The Morgan fingerprint density at radius 1 is 0.500 bits per heavy atom. The molecule has 7 aliphatic rings. The fourth-order valence-corrected chi connectivity index (χ4v) is 15.6. The lowest BCUT2D eigenvalue weighted by Gasteiger charge is -2.39. The predicted octanol–water partition coefficient (Wildman–Crippen LogP) is 12.1. The summed E-state index contributed by atoms with van der Waals surface area (Å²) in [6, 6.07) is 50.9. The van der Waals surface area contributed by atoms with Gasteiger partial charge >= 0.3 is 7.12 Å². The second-order valence-electron chi connectivity index (χ2n) is 28.1. The zero-order chi connectivity index (χ0) is 64.8. The van der Waals surface area contributed by atoms with Crippen LogP contribution >= 0.6 is 11.6 Å². The van der Waals surface area contributed by atoms with E-state index in [0.717, 1.165) is 131 Å². The summed E-state index contributed by atoms with van der Waals surface area (Å²) >= 11 is 6.17. The van der Waals surface area contributed by atoms with Crippen molar-refractivity contribution in [1.82, 2.24) is 39.0 Å². The average Bonchev–Trinajstić information content (AvgIpc) is 1.56. The molecule has 5 saturated heterocycles. The van der Waals surface area contributed by atoms with Gasteiger partial charge in [-0.1, -0.05) is 60.1 Å². The van der Waals surface area contributed by atoms with Gasteiger partial charge in [0.1, 0.15) is 27.8 Å². The highest BCUT2D eigenvalue weighted by Gasteiger charge is 2.52. The minimum atomic E-state index is -0.318. The Morgan fingerprint density at radius 2 is 0.947 bits per heavy atom. The third kappa shape index (κ3) is 11.3. The largest absolute Gasteiger partial charge is 0.494 e. The van der Waals surface area contributed by atoms with Crippen LogP contribution in [0.2, 0.25) is 5.15 Å². The van der Waals surface area contributed by atoms with Gasteiger partial charge in [0.2, 0.25) is 0 Å². The van der Waals surface area contributed by atoms with Crippen molar-refractivity contribution in [1.29, 1.82) is 0 Å². The number of nitrogens with zero attached hydrogens (tertiary/aromatic N) is 10. The summed E-state index contributed by atoms with van der Waals surface area (Å²) in [6.07, 6.45) is 17.6. The number of piperidine rings is 2. The molecule has 4 atom stereocenters. The first kappa shape index (κ1) is 61.9. The van der Waals surface area contributed by atoms with Crippen molar-refractivity contribution in [2.24, 2.45) is 11.5 Å². The number of imidazole rings is 2. The lowest BCUT2D eigenvalue weighted by molar-refractivity contribution is 0.00578. The summed E-state index contributed by atoms with van der Waals surface area (Å²) < 4.78 is 16.4. The van der Waals surface area contributed by atoms with E-state index in [0.29, 0.717) is 58.3 Å². The molecule has 17 rings (SSSR count). The average molecular weight is 1280 g/mol. The summed E-state index contributed by atoms with van der Waals surface area (Å²) in [5.41, 5.74) is 38.6. The van der Waals surface area contributed by atoms with Gasteiger partial charge in [0.15, 0.2) is 22.9 Å². The number of hydrogen-bond donors (Lipinski definition) is 6. The highest BCUT2D eigenvalue weighted by Crippen LogP contribution is 2.45. The molecule has 0 spiro atoms. The Labute approximate surface area is 553 Å². The molecule has 482 valence electrons. The van der Waals surface area contributed by atoms with Crippen LogP contribution in [0, 0.1) is 0 Å². The molecule has 2 aliphatic carbocycles. The maximum atomic E-state index is 10.3. The number of benzene rings is 4. The molecular formula is C74H82BClN14O4. The fourth-order valence-electron chi connectivity index (χ4n) is 15.5. The number of nitrogens with two attached hydrogens (primary N) is 4. The fraction of sp³-hybridized carbons (Fsp3) is 0.378. The zero-order valence-corrected chi connectivity index (χ0v) is 54.6. The molecular weight excluding hydrogens is 1200 g/mol. The lowest BCUT2D eigenvalue weighted by Crippen LogP contribution is -2.45. The zero-order valence-electron chi connectivity index (χ0n) is 53.8. The summed E-state index contributed by atoms with van der Waals surface area (Å²) in [7, 11) is -0.317. The van der Waals surface area contributed by atoms with Crippen molar-refractivity contribution in [3.63, 3.8) is 0 Å². The van der Waals surface area contributed by atoms with Crippen LogP contribution in [0.3, 0.4) is 0 Å². The Balaban J connectivity index is 0.000000122. The smallest absolute Gasteiger partial charge is 0.399 e. The molecule has 18 nitrogen and oxygen atoms in total. The highest BCUT2D eigenvalue weighted by atomic mass is 35.5. The van der Waals surface area contributed by atoms with E-state index in [1.54, 1.807) is 18.5 Å². The molecule has 6 aromatic heterocycles. The molecule has 10 aromatic rings. The van der Waals surface area contributed by atoms with E-state index in [1.807, 2.05) is 59.2 Å². The number of halogens is 1. The number of nitrogen functional groups attached to an aromatic ring is 2. The number of rotatable bonds is 10. The molecule has 5 aliphatic heterocycles. The maximum Gasteiger partial charge on any atom is 0.494 e. The van der Waals surface area contributed by atoms with Gasteiger partial charge in [-0.3, -0.25) is 9.13 Å². The van der Waals surface area contributed by atoms with E-state index in [1.165, 1.54) is 37.1 Å². The first-order chi connectivity index (χ1) is 45.3. The van der Waals surface area contributed by atoms with Gasteiger partial charge in [-0.2, -0.15) is 0 Å². The summed E-state index contributed by atoms with van der Waals surface area (Å²) in [4.78, 5) is 33.0. The Bertz CT molecular complexity index is 4410. The minimum Gasteiger partial charge on any atom is -0.399 e.